The van der Waals surface area contributed by atoms with E-state index in [9.17, 15) is 9.46 Å². The van der Waals surface area contributed by atoms with Crippen LogP contribution in [0.3, 0.4) is 0 Å². The van der Waals surface area contributed by atoms with Crippen LogP contribution in [0.15, 0.2) is 12.2 Å². The van der Waals surface area contributed by atoms with Crippen molar-refractivity contribution >= 4 is 7.82 Å². The van der Waals surface area contributed by atoms with Gasteiger partial charge in [0.25, 0.3) is 0 Å². The summed E-state index contributed by atoms with van der Waals surface area (Å²) < 4.78 is 22.7. The molecular weight excluding hydrogens is 397 g/mol. The fourth-order valence-electron chi connectivity index (χ4n) is 8.51. The molecule has 3 N–H and O–H groups in total. The molecule has 0 amide bonds. The molecule has 4 saturated carbocycles. The lowest BCUT2D eigenvalue weighted by Crippen LogP contribution is -2.54. The van der Waals surface area contributed by atoms with E-state index in [4.69, 9.17) is 14.8 Å². The van der Waals surface area contributed by atoms with Crippen LogP contribution >= 0.6 is 7.82 Å². The van der Waals surface area contributed by atoms with Crippen LogP contribution in [-0.4, -0.2) is 24.1 Å². The highest BCUT2D eigenvalue weighted by atomic mass is 31.2. The predicted molar refractivity (Wildman–Crippen MR) is 120 cm³/mol. The van der Waals surface area contributed by atoms with Crippen LogP contribution in [0.5, 0.6) is 0 Å². The van der Waals surface area contributed by atoms with Crippen LogP contribution < -0.4 is 5.73 Å². The molecule has 4 aliphatic rings. The van der Waals surface area contributed by atoms with Crippen molar-refractivity contribution < 1.29 is 18.5 Å². The monoisotopic (exact) mass is 439 g/mol. The highest BCUT2D eigenvalue weighted by Gasteiger charge is 2.60. The summed E-state index contributed by atoms with van der Waals surface area (Å²) in [5.41, 5.74) is 7.56. The Morgan fingerprint density at radius 1 is 1.10 bits per heavy atom. The zero-order valence-electron chi connectivity index (χ0n) is 19.1. The average Bonchev–Trinajstić information content (AvgIpc) is 3.04. The minimum atomic E-state index is -4.00. The topological polar surface area (TPSA) is 81.8 Å². The Balaban J connectivity index is 1.45. The van der Waals surface area contributed by atoms with Crippen molar-refractivity contribution in [3.8, 4) is 0 Å². The molecule has 172 valence electrons. The van der Waals surface area contributed by atoms with Crippen LogP contribution in [0.1, 0.15) is 78.6 Å². The Morgan fingerprint density at radius 2 is 1.80 bits per heavy atom. The molecule has 0 aromatic rings. The third-order valence-corrected chi connectivity index (χ3v) is 10.9. The molecule has 9 atom stereocenters. The first-order chi connectivity index (χ1) is 14.1. The molecule has 0 heterocycles. The highest BCUT2D eigenvalue weighted by Crippen LogP contribution is 2.68. The van der Waals surface area contributed by atoms with Crippen molar-refractivity contribution in [2.75, 3.05) is 13.2 Å². The van der Waals surface area contributed by atoms with Crippen LogP contribution in [0, 0.1) is 40.4 Å². The number of phosphoric acid groups is 1. The van der Waals surface area contributed by atoms with Gasteiger partial charge in [0.05, 0.1) is 12.7 Å². The quantitative estimate of drug-likeness (QED) is 0.411. The van der Waals surface area contributed by atoms with Crippen molar-refractivity contribution in [3.05, 3.63) is 12.2 Å². The molecular formula is C24H42NO4P. The zero-order valence-corrected chi connectivity index (χ0v) is 20.0. The lowest BCUT2D eigenvalue weighted by Gasteiger charge is -2.61. The summed E-state index contributed by atoms with van der Waals surface area (Å²) in [5.74, 6) is 3.74. The van der Waals surface area contributed by atoms with Crippen LogP contribution in [0.25, 0.3) is 0 Å². The maximum atomic E-state index is 12.2. The normalized spacial score (nSPS) is 47.6. The Bertz CT molecular complexity index is 713. The van der Waals surface area contributed by atoms with Gasteiger partial charge in [0.1, 0.15) is 0 Å². The Kier molecular flexibility index (Phi) is 6.36. The van der Waals surface area contributed by atoms with E-state index >= 15 is 0 Å². The van der Waals surface area contributed by atoms with Gasteiger partial charge in [0, 0.05) is 6.54 Å². The lowest BCUT2D eigenvalue weighted by molar-refractivity contribution is -0.124. The molecule has 0 radical (unpaired) electrons. The summed E-state index contributed by atoms with van der Waals surface area (Å²) >= 11 is 0. The van der Waals surface area contributed by atoms with E-state index in [1.165, 1.54) is 44.1 Å². The number of hydrogen-bond donors (Lipinski definition) is 2. The third kappa shape index (κ3) is 3.88. The largest absolute Gasteiger partial charge is 0.472 e. The minimum absolute atomic E-state index is 0.0523. The number of fused-ring (bicyclic) bond motifs is 5. The number of allylic oxidation sites excluding steroid dienone is 1. The fraction of sp³-hybridized carbons (Fsp3) is 0.917. The van der Waals surface area contributed by atoms with E-state index in [0.29, 0.717) is 22.7 Å². The molecule has 4 rings (SSSR count). The molecule has 0 saturated heterocycles. The van der Waals surface area contributed by atoms with Gasteiger partial charge >= 0.3 is 7.82 Å². The van der Waals surface area contributed by atoms with E-state index in [1.54, 1.807) is 0 Å². The van der Waals surface area contributed by atoms with Gasteiger partial charge in [-0.2, -0.15) is 0 Å². The van der Waals surface area contributed by atoms with Crippen molar-refractivity contribution in [1.29, 1.82) is 0 Å². The Labute approximate surface area is 182 Å². The number of rotatable bonds is 6. The Hall–Kier alpha value is -0.190. The molecule has 4 unspecified atom stereocenters. The van der Waals surface area contributed by atoms with Crippen molar-refractivity contribution in [3.63, 3.8) is 0 Å². The molecule has 0 spiro atoms. The highest BCUT2D eigenvalue weighted by molar-refractivity contribution is 7.47. The summed E-state index contributed by atoms with van der Waals surface area (Å²) in [6.45, 7) is 11.9. The minimum Gasteiger partial charge on any atom is -0.328 e. The van der Waals surface area contributed by atoms with Crippen molar-refractivity contribution in [2.45, 2.75) is 84.7 Å². The van der Waals surface area contributed by atoms with Gasteiger partial charge in [0.2, 0.25) is 0 Å². The van der Waals surface area contributed by atoms with E-state index in [1.807, 2.05) is 0 Å². The first-order valence-corrected chi connectivity index (χ1v) is 13.6. The predicted octanol–water partition coefficient (Wildman–Crippen LogP) is 5.68. The molecule has 0 aliphatic heterocycles. The SMILES string of the molecule is C=C(C)C1CC[C@H]2C3CC[C@@H]4CC(OP(=O)(O)OCCN)CC[C@]4(C)[C@H]3CC[C@]12C. The van der Waals surface area contributed by atoms with E-state index < -0.39 is 7.82 Å². The molecule has 5 nitrogen and oxygen atoms in total. The standard InChI is InChI=1S/C24H42NO4P/c1-16(2)20-7-8-21-19-6-5-17-15-18(29-30(26,27)28-14-13-25)9-11-23(17,3)22(19)10-12-24(20,21)4/h17-22H,1,5-15,25H2,2-4H3,(H,26,27)/t17-,18?,19?,20?,21+,22+,23+,24-/m1/s1. The molecule has 0 aromatic carbocycles. The summed E-state index contributed by atoms with van der Waals surface area (Å²) in [4.78, 5) is 9.99. The number of phosphoric ester groups is 1. The first kappa shape index (κ1) is 23.0. The molecule has 30 heavy (non-hydrogen) atoms. The first-order valence-electron chi connectivity index (χ1n) is 12.1. The number of hydrogen-bond acceptors (Lipinski definition) is 4. The van der Waals surface area contributed by atoms with Gasteiger partial charge in [-0.25, -0.2) is 4.57 Å². The van der Waals surface area contributed by atoms with Gasteiger partial charge < -0.3 is 10.6 Å². The van der Waals surface area contributed by atoms with Crippen molar-refractivity contribution in [1.82, 2.24) is 0 Å². The molecule has 0 aromatic heterocycles. The number of nitrogens with two attached hydrogens (primary N) is 1. The molecule has 4 aliphatic carbocycles. The summed E-state index contributed by atoms with van der Waals surface area (Å²) in [6, 6.07) is 0. The van der Waals surface area contributed by atoms with Crippen molar-refractivity contribution in [2.24, 2.45) is 46.2 Å². The maximum absolute atomic E-state index is 12.2. The summed E-state index contributed by atoms with van der Waals surface area (Å²) in [6.07, 6.45) is 10.5. The van der Waals surface area contributed by atoms with Crippen LogP contribution in [-0.2, 0) is 13.6 Å². The van der Waals surface area contributed by atoms with Gasteiger partial charge in [0.15, 0.2) is 0 Å². The van der Waals surface area contributed by atoms with Gasteiger partial charge in [-0.05, 0) is 105 Å². The molecule has 0 bridgehead atoms. The smallest absolute Gasteiger partial charge is 0.328 e. The van der Waals surface area contributed by atoms with E-state index in [0.717, 1.165) is 37.0 Å². The maximum Gasteiger partial charge on any atom is 0.472 e. The van der Waals surface area contributed by atoms with Crippen LogP contribution in [0.2, 0.25) is 0 Å². The summed E-state index contributed by atoms with van der Waals surface area (Å²) in [5, 5.41) is 0. The second kappa shape index (κ2) is 8.30. The van der Waals surface area contributed by atoms with E-state index in [2.05, 4.69) is 27.4 Å². The van der Waals surface area contributed by atoms with Gasteiger partial charge in [-0.1, -0.05) is 26.0 Å². The molecule has 6 heteroatoms. The van der Waals surface area contributed by atoms with Crippen LogP contribution in [0.4, 0.5) is 0 Å². The molecule has 4 fully saturated rings. The second-order valence-corrected chi connectivity index (χ2v) is 12.7. The zero-order chi connectivity index (χ0) is 21.7. The third-order valence-electron chi connectivity index (χ3n) is 9.87. The summed E-state index contributed by atoms with van der Waals surface area (Å²) in [7, 11) is -4.00. The van der Waals surface area contributed by atoms with Gasteiger partial charge in [-0.3, -0.25) is 9.05 Å². The lowest BCUT2D eigenvalue weighted by atomic mass is 9.44. The van der Waals surface area contributed by atoms with E-state index in [-0.39, 0.29) is 19.3 Å². The average molecular weight is 440 g/mol. The fourth-order valence-corrected chi connectivity index (χ4v) is 9.48. The Morgan fingerprint density at radius 3 is 2.50 bits per heavy atom. The van der Waals surface area contributed by atoms with Gasteiger partial charge in [-0.15, -0.1) is 0 Å². The second-order valence-electron chi connectivity index (χ2n) is 11.3.